The topological polar surface area (TPSA) is 95.0 Å². The van der Waals surface area contributed by atoms with E-state index in [0.717, 1.165) is 33.0 Å². The molecule has 0 aliphatic rings. The minimum absolute atomic E-state index is 0.425. The molecule has 0 unspecified atom stereocenters. The van der Waals surface area contributed by atoms with Crippen molar-refractivity contribution >= 4 is 50.7 Å². The molecule has 0 aliphatic heterocycles. The summed E-state index contributed by atoms with van der Waals surface area (Å²) >= 11 is 7.64. The van der Waals surface area contributed by atoms with Gasteiger partial charge in [-0.05, 0) is 30.3 Å². The van der Waals surface area contributed by atoms with E-state index in [0.29, 0.717) is 22.4 Å². The Labute approximate surface area is 196 Å². The summed E-state index contributed by atoms with van der Waals surface area (Å²) < 4.78 is 9.01. The molecule has 4 aromatic heterocycles. The van der Waals surface area contributed by atoms with Gasteiger partial charge in [0.25, 0.3) is 0 Å². The van der Waals surface area contributed by atoms with Gasteiger partial charge in [0.15, 0.2) is 5.65 Å². The number of methoxy groups -OCH3 is 1. The van der Waals surface area contributed by atoms with Crippen LogP contribution in [0.4, 0.5) is 11.8 Å². The molecule has 0 saturated heterocycles. The highest BCUT2D eigenvalue weighted by molar-refractivity contribution is 7.15. The lowest BCUT2D eigenvalue weighted by molar-refractivity contribution is 0.416. The van der Waals surface area contributed by atoms with Crippen LogP contribution in [-0.4, -0.2) is 41.5 Å². The van der Waals surface area contributed by atoms with Gasteiger partial charge in [-0.15, -0.1) is 16.4 Å². The van der Waals surface area contributed by atoms with Crippen molar-refractivity contribution in [1.82, 2.24) is 34.3 Å². The molecule has 0 amide bonds. The van der Waals surface area contributed by atoms with Crippen molar-refractivity contribution in [2.24, 2.45) is 0 Å². The molecule has 0 radical (unpaired) electrons. The molecule has 11 heteroatoms. The number of ether oxygens (including phenoxy) is 1. The number of aromatic nitrogens is 7. The van der Waals surface area contributed by atoms with Crippen LogP contribution in [0.3, 0.4) is 0 Å². The Morgan fingerprint density at radius 1 is 1.09 bits per heavy atom. The number of benzene rings is 2. The summed E-state index contributed by atoms with van der Waals surface area (Å²) in [6, 6.07) is 15.2. The van der Waals surface area contributed by atoms with E-state index in [1.807, 2.05) is 53.9 Å². The number of thiazole rings is 1. The molecule has 0 atom stereocenters. The molecular formula is C22H15ClN8OS. The van der Waals surface area contributed by atoms with Crippen LogP contribution in [0, 0.1) is 0 Å². The van der Waals surface area contributed by atoms with E-state index < -0.39 is 0 Å². The summed E-state index contributed by atoms with van der Waals surface area (Å²) in [6.07, 6.45) is 3.18. The van der Waals surface area contributed by atoms with Gasteiger partial charge in [-0.1, -0.05) is 29.8 Å². The summed E-state index contributed by atoms with van der Waals surface area (Å²) in [5.41, 5.74) is 3.29. The third-order valence-electron chi connectivity index (χ3n) is 5.11. The highest BCUT2D eigenvalue weighted by atomic mass is 35.5. The minimum atomic E-state index is 0.425. The summed E-state index contributed by atoms with van der Waals surface area (Å²) in [5, 5.41) is 15.7. The van der Waals surface area contributed by atoms with Crippen LogP contribution in [-0.2, 0) is 0 Å². The SMILES string of the molecule is COc1ccccc1-c1csc2nc(Nc3ncnc4c3cnn4-c3cccc(Cl)c3)nn12. The monoisotopic (exact) mass is 474 g/mol. The molecule has 9 nitrogen and oxygen atoms in total. The Balaban J connectivity index is 1.38. The molecule has 6 aromatic rings. The first-order chi connectivity index (χ1) is 16.2. The van der Waals surface area contributed by atoms with Gasteiger partial charge < -0.3 is 10.1 Å². The van der Waals surface area contributed by atoms with Crippen LogP contribution in [0.25, 0.3) is 32.9 Å². The molecule has 33 heavy (non-hydrogen) atoms. The van der Waals surface area contributed by atoms with Crippen LogP contribution in [0.15, 0.2) is 66.4 Å². The quantitative estimate of drug-likeness (QED) is 0.376. The molecule has 0 fully saturated rings. The molecule has 0 bridgehead atoms. The normalized spacial score (nSPS) is 11.3. The van der Waals surface area contributed by atoms with Crippen LogP contribution in [0.5, 0.6) is 5.75 Å². The molecule has 0 saturated carbocycles. The minimum Gasteiger partial charge on any atom is -0.496 e. The van der Waals surface area contributed by atoms with Gasteiger partial charge in [-0.25, -0.2) is 19.2 Å². The van der Waals surface area contributed by atoms with Crippen molar-refractivity contribution in [3.63, 3.8) is 0 Å². The van der Waals surface area contributed by atoms with E-state index in [9.17, 15) is 0 Å². The molecule has 0 spiro atoms. The number of halogens is 1. The number of hydrogen-bond acceptors (Lipinski definition) is 8. The first-order valence-corrected chi connectivity index (χ1v) is 11.2. The maximum absolute atomic E-state index is 6.14. The first-order valence-electron chi connectivity index (χ1n) is 9.90. The summed E-state index contributed by atoms with van der Waals surface area (Å²) in [7, 11) is 1.65. The Morgan fingerprint density at radius 3 is 2.88 bits per heavy atom. The van der Waals surface area contributed by atoms with Crippen molar-refractivity contribution in [2.45, 2.75) is 0 Å². The second-order valence-corrected chi connectivity index (χ2v) is 8.34. The number of rotatable bonds is 5. The zero-order valence-electron chi connectivity index (χ0n) is 17.2. The van der Waals surface area contributed by atoms with Crippen molar-refractivity contribution in [2.75, 3.05) is 12.4 Å². The lowest BCUT2D eigenvalue weighted by atomic mass is 10.1. The molecule has 4 heterocycles. The number of nitrogens with zero attached hydrogens (tertiary/aromatic N) is 7. The summed E-state index contributed by atoms with van der Waals surface area (Å²) in [5.74, 6) is 1.76. The fourth-order valence-corrected chi connectivity index (χ4v) is 4.63. The smallest absolute Gasteiger partial charge is 0.249 e. The Bertz CT molecular complexity index is 1620. The van der Waals surface area contributed by atoms with E-state index in [-0.39, 0.29) is 0 Å². The van der Waals surface area contributed by atoms with Crippen LogP contribution in [0.2, 0.25) is 5.02 Å². The molecule has 0 aliphatic carbocycles. The fraction of sp³-hybridized carbons (Fsp3) is 0.0455. The Morgan fingerprint density at radius 2 is 2.00 bits per heavy atom. The predicted molar refractivity (Wildman–Crippen MR) is 128 cm³/mol. The summed E-state index contributed by atoms with van der Waals surface area (Å²) in [4.78, 5) is 14.1. The molecule has 1 N–H and O–H groups in total. The van der Waals surface area contributed by atoms with Crippen molar-refractivity contribution in [1.29, 1.82) is 0 Å². The maximum atomic E-state index is 6.14. The standard InChI is InChI=1S/C22H15ClN8OS/c1-32-18-8-3-2-7-15(18)17-11-33-22-28-21(29-31(17)22)27-19-16-10-26-30(20(16)25-12-24-19)14-6-4-5-13(23)9-14/h2-12H,1H3,(H,24,25,27,29). The summed E-state index contributed by atoms with van der Waals surface area (Å²) in [6.45, 7) is 0. The van der Waals surface area contributed by atoms with E-state index in [2.05, 4.69) is 30.5 Å². The maximum Gasteiger partial charge on any atom is 0.249 e. The van der Waals surface area contributed by atoms with Gasteiger partial charge in [0.1, 0.15) is 17.9 Å². The molecular weight excluding hydrogens is 460 g/mol. The largest absolute Gasteiger partial charge is 0.496 e. The lowest BCUT2D eigenvalue weighted by Gasteiger charge is -2.06. The van der Waals surface area contributed by atoms with Crippen molar-refractivity contribution < 1.29 is 4.74 Å². The average molecular weight is 475 g/mol. The number of nitrogens with one attached hydrogen (secondary N) is 1. The first kappa shape index (κ1) is 19.6. The number of anilines is 2. The van der Waals surface area contributed by atoms with Gasteiger partial charge in [0.2, 0.25) is 10.9 Å². The van der Waals surface area contributed by atoms with Gasteiger partial charge in [-0.3, -0.25) is 0 Å². The van der Waals surface area contributed by atoms with Crippen molar-refractivity contribution in [3.8, 4) is 22.7 Å². The van der Waals surface area contributed by atoms with E-state index in [4.69, 9.17) is 16.3 Å². The Hall–Kier alpha value is -4.02. The molecule has 162 valence electrons. The zero-order chi connectivity index (χ0) is 22.4. The van der Waals surface area contributed by atoms with Crippen LogP contribution >= 0.6 is 22.9 Å². The number of para-hydroxylation sites is 1. The van der Waals surface area contributed by atoms with Gasteiger partial charge >= 0.3 is 0 Å². The highest BCUT2D eigenvalue weighted by Gasteiger charge is 2.17. The highest BCUT2D eigenvalue weighted by Crippen LogP contribution is 2.33. The van der Waals surface area contributed by atoms with Crippen molar-refractivity contribution in [3.05, 3.63) is 71.5 Å². The fourth-order valence-electron chi connectivity index (χ4n) is 3.62. The third-order valence-corrected chi connectivity index (χ3v) is 6.16. The number of fused-ring (bicyclic) bond motifs is 2. The molecule has 2 aromatic carbocycles. The average Bonchev–Trinajstić information content (AvgIpc) is 3.54. The second kappa shape index (κ2) is 7.84. The predicted octanol–water partition coefficient (Wildman–Crippen LogP) is 4.99. The lowest BCUT2D eigenvalue weighted by Crippen LogP contribution is -2.00. The van der Waals surface area contributed by atoms with Crippen LogP contribution in [0.1, 0.15) is 0 Å². The third kappa shape index (κ3) is 3.36. The number of hydrogen-bond donors (Lipinski definition) is 1. The van der Waals surface area contributed by atoms with Crippen LogP contribution < -0.4 is 10.1 Å². The van der Waals surface area contributed by atoms with E-state index in [1.165, 1.54) is 17.7 Å². The second-order valence-electron chi connectivity index (χ2n) is 7.07. The van der Waals surface area contributed by atoms with E-state index in [1.54, 1.807) is 22.5 Å². The van der Waals surface area contributed by atoms with E-state index >= 15 is 0 Å². The molecule has 6 rings (SSSR count). The van der Waals surface area contributed by atoms with Gasteiger partial charge in [0.05, 0.1) is 30.1 Å². The zero-order valence-corrected chi connectivity index (χ0v) is 18.7. The van der Waals surface area contributed by atoms with Gasteiger partial charge in [0, 0.05) is 16.0 Å². The Kier molecular flexibility index (Phi) is 4.67. The van der Waals surface area contributed by atoms with Gasteiger partial charge in [-0.2, -0.15) is 10.1 Å².